The standard InChI is InChI=1S/C12H17ClN2OS/c1-2-10(14)7-17-8-12(16)15-11-5-3-9(13)4-6-11/h3-6,10H,2,7-8,14H2,1H3,(H,15,16). The van der Waals surface area contributed by atoms with Gasteiger partial charge < -0.3 is 11.1 Å². The van der Waals surface area contributed by atoms with Crippen molar-refractivity contribution in [3.05, 3.63) is 29.3 Å². The van der Waals surface area contributed by atoms with Crippen molar-refractivity contribution in [3.63, 3.8) is 0 Å². The van der Waals surface area contributed by atoms with Gasteiger partial charge in [-0.2, -0.15) is 11.8 Å². The van der Waals surface area contributed by atoms with Gasteiger partial charge in [0.25, 0.3) is 0 Å². The Labute approximate surface area is 111 Å². The molecule has 0 radical (unpaired) electrons. The summed E-state index contributed by atoms with van der Waals surface area (Å²) in [6.07, 6.45) is 0.936. The van der Waals surface area contributed by atoms with E-state index in [4.69, 9.17) is 17.3 Å². The van der Waals surface area contributed by atoms with Crippen molar-refractivity contribution in [3.8, 4) is 0 Å². The van der Waals surface area contributed by atoms with Gasteiger partial charge >= 0.3 is 0 Å². The molecule has 0 aromatic heterocycles. The van der Waals surface area contributed by atoms with Crippen LogP contribution in [0, 0.1) is 0 Å². The highest BCUT2D eigenvalue weighted by molar-refractivity contribution is 8.00. The lowest BCUT2D eigenvalue weighted by molar-refractivity contribution is -0.113. The minimum Gasteiger partial charge on any atom is -0.327 e. The molecular weight excluding hydrogens is 256 g/mol. The number of nitrogens with one attached hydrogen (secondary N) is 1. The van der Waals surface area contributed by atoms with Gasteiger partial charge in [0.2, 0.25) is 5.91 Å². The molecule has 0 aliphatic carbocycles. The summed E-state index contributed by atoms with van der Waals surface area (Å²) < 4.78 is 0. The van der Waals surface area contributed by atoms with Crippen LogP contribution in [0.25, 0.3) is 0 Å². The number of anilines is 1. The number of hydrogen-bond donors (Lipinski definition) is 2. The van der Waals surface area contributed by atoms with Crippen LogP contribution in [-0.4, -0.2) is 23.5 Å². The van der Waals surface area contributed by atoms with E-state index in [1.54, 1.807) is 36.0 Å². The quantitative estimate of drug-likeness (QED) is 0.837. The van der Waals surface area contributed by atoms with Crippen molar-refractivity contribution >= 4 is 35.0 Å². The third-order valence-corrected chi connectivity index (χ3v) is 3.60. The normalized spacial score (nSPS) is 12.2. The van der Waals surface area contributed by atoms with Crippen molar-refractivity contribution in [1.82, 2.24) is 0 Å². The summed E-state index contributed by atoms with van der Waals surface area (Å²) in [5.41, 5.74) is 6.52. The third-order valence-electron chi connectivity index (χ3n) is 2.22. The van der Waals surface area contributed by atoms with Crippen molar-refractivity contribution in [2.24, 2.45) is 5.73 Å². The fraction of sp³-hybridized carbons (Fsp3) is 0.417. The first-order valence-electron chi connectivity index (χ1n) is 5.50. The van der Waals surface area contributed by atoms with Gasteiger partial charge in [0.05, 0.1) is 5.75 Å². The Bertz CT molecular complexity index is 356. The van der Waals surface area contributed by atoms with Crippen LogP contribution in [-0.2, 0) is 4.79 Å². The lowest BCUT2D eigenvalue weighted by Crippen LogP contribution is -2.23. The number of carbonyl (C=O) groups is 1. The van der Waals surface area contributed by atoms with E-state index in [0.717, 1.165) is 17.9 Å². The molecule has 0 aliphatic heterocycles. The molecule has 5 heteroatoms. The average molecular weight is 273 g/mol. The van der Waals surface area contributed by atoms with Crippen LogP contribution in [0.1, 0.15) is 13.3 Å². The first-order chi connectivity index (χ1) is 8.11. The van der Waals surface area contributed by atoms with Gasteiger partial charge in [-0.3, -0.25) is 4.79 Å². The number of thioether (sulfide) groups is 1. The zero-order chi connectivity index (χ0) is 12.7. The van der Waals surface area contributed by atoms with E-state index in [9.17, 15) is 4.79 Å². The molecule has 1 atom stereocenters. The molecule has 0 bridgehead atoms. The summed E-state index contributed by atoms with van der Waals surface area (Å²) in [6, 6.07) is 7.23. The number of amides is 1. The summed E-state index contributed by atoms with van der Waals surface area (Å²) in [5.74, 6) is 1.22. The van der Waals surface area contributed by atoms with E-state index in [-0.39, 0.29) is 11.9 Å². The molecule has 0 heterocycles. The highest BCUT2D eigenvalue weighted by Gasteiger charge is 2.04. The summed E-state index contributed by atoms with van der Waals surface area (Å²) in [6.45, 7) is 2.04. The molecule has 17 heavy (non-hydrogen) atoms. The summed E-state index contributed by atoms with van der Waals surface area (Å²) in [7, 11) is 0. The maximum atomic E-state index is 11.6. The van der Waals surface area contributed by atoms with Gasteiger partial charge in [-0.1, -0.05) is 18.5 Å². The molecule has 1 unspecified atom stereocenters. The highest BCUT2D eigenvalue weighted by Crippen LogP contribution is 2.14. The average Bonchev–Trinajstić information content (AvgIpc) is 2.32. The fourth-order valence-corrected chi connectivity index (χ4v) is 2.19. The van der Waals surface area contributed by atoms with Gasteiger partial charge in [-0.05, 0) is 30.7 Å². The minimum absolute atomic E-state index is 0.0133. The smallest absolute Gasteiger partial charge is 0.234 e. The molecule has 0 aliphatic rings. The Morgan fingerprint density at radius 2 is 2.12 bits per heavy atom. The molecule has 1 aromatic carbocycles. The lowest BCUT2D eigenvalue weighted by atomic mass is 10.3. The van der Waals surface area contributed by atoms with Crippen molar-refractivity contribution in [2.45, 2.75) is 19.4 Å². The summed E-state index contributed by atoms with van der Waals surface area (Å²) in [5, 5.41) is 3.46. The van der Waals surface area contributed by atoms with E-state index in [2.05, 4.69) is 5.32 Å². The molecule has 3 N–H and O–H groups in total. The molecule has 94 valence electrons. The van der Waals surface area contributed by atoms with Gasteiger partial charge in [0.15, 0.2) is 0 Å². The van der Waals surface area contributed by atoms with Crippen LogP contribution in [0.15, 0.2) is 24.3 Å². The van der Waals surface area contributed by atoms with Crippen molar-refractivity contribution in [2.75, 3.05) is 16.8 Å². The number of nitrogens with two attached hydrogens (primary N) is 1. The lowest BCUT2D eigenvalue weighted by Gasteiger charge is -2.08. The van der Waals surface area contributed by atoms with Crippen LogP contribution in [0.4, 0.5) is 5.69 Å². The fourth-order valence-electron chi connectivity index (χ4n) is 1.15. The van der Waals surface area contributed by atoms with Gasteiger partial charge in [0.1, 0.15) is 0 Å². The maximum absolute atomic E-state index is 11.6. The van der Waals surface area contributed by atoms with Crippen LogP contribution in [0.2, 0.25) is 5.02 Å². The Morgan fingerprint density at radius 1 is 1.47 bits per heavy atom. The first-order valence-corrected chi connectivity index (χ1v) is 7.03. The van der Waals surface area contributed by atoms with Crippen LogP contribution in [0.5, 0.6) is 0 Å². The SMILES string of the molecule is CCC(N)CSCC(=O)Nc1ccc(Cl)cc1. The van der Waals surface area contributed by atoms with Crippen LogP contribution >= 0.6 is 23.4 Å². The van der Waals surface area contributed by atoms with Gasteiger partial charge in [-0.25, -0.2) is 0 Å². The third kappa shape index (κ3) is 5.96. The Balaban J connectivity index is 2.27. The molecule has 0 spiro atoms. The summed E-state index contributed by atoms with van der Waals surface area (Å²) >= 11 is 7.31. The Hall–Kier alpha value is -0.710. The second-order valence-corrected chi connectivity index (χ2v) is 5.21. The molecule has 1 rings (SSSR count). The van der Waals surface area contributed by atoms with Gasteiger partial charge in [-0.15, -0.1) is 0 Å². The Morgan fingerprint density at radius 3 is 2.71 bits per heavy atom. The number of rotatable bonds is 6. The predicted octanol–water partition coefficient (Wildman–Crippen LogP) is 2.75. The van der Waals surface area contributed by atoms with Crippen molar-refractivity contribution < 1.29 is 4.79 Å². The summed E-state index contributed by atoms with van der Waals surface area (Å²) in [4.78, 5) is 11.6. The largest absolute Gasteiger partial charge is 0.327 e. The minimum atomic E-state index is -0.0133. The van der Waals surface area contributed by atoms with E-state index < -0.39 is 0 Å². The topological polar surface area (TPSA) is 55.1 Å². The zero-order valence-electron chi connectivity index (χ0n) is 9.78. The zero-order valence-corrected chi connectivity index (χ0v) is 11.4. The number of carbonyl (C=O) groups excluding carboxylic acids is 1. The second kappa shape index (κ2) is 7.58. The second-order valence-electron chi connectivity index (χ2n) is 3.74. The van der Waals surface area contributed by atoms with E-state index in [0.29, 0.717) is 10.8 Å². The number of halogens is 1. The van der Waals surface area contributed by atoms with E-state index in [1.807, 2.05) is 6.92 Å². The molecule has 3 nitrogen and oxygen atoms in total. The van der Waals surface area contributed by atoms with Gasteiger partial charge in [0, 0.05) is 22.5 Å². The Kier molecular flexibility index (Phi) is 6.40. The number of benzene rings is 1. The predicted molar refractivity (Wildman–Crippen MR) is 75.7 cm³/mol. The molecule has 1 aromatic rings. The highest BCUT2D eigenvalue weighted by atomic mass is 35.5. The first kappa shape index (κ1) is 14.4. The molecule has 1 amide bonds. The van der Waals surface area contributed by atoms with Crippen molar-refractivity contribution in [1.29, 1.82) is 0 Å². The number of hydrogen-bond acceptors (Lipinski definition) is 3. The van der Waals surface area contributed by atoms with E-state index in [1.165, 1.54) is 0 Å². The maximum Gasteiger partial charge on any atom is 0.234 e. The molecular formula is C12H17ClN2OS. The van der Waals surface area contributed by atoms with E-state index >= 15 is 0 Å². The molecule has 0 fully saturated rings. The van der Waals surface area contributed by atoms with Crippen LogP contribution < -0.4 is 11.1 Å². The molecule has 0 saturated carbocycles. The molecule has 0 saturated heterocycles. The monoisotopic (exact) mass is 272 g/mol. The van der Waals surface area contributed by atoms with Crippen LogP contribution in [0.3, 0.4) is 0 Å².